The molecule has 180 valence electrons. The second-order valence-electron chi connectivity index (χ2n) is 8.10. The van der Waals surface area contributed by atoms with Gasteiger partial charge in [0.2, 0.25) is 5.91 Å². The van der Waals surface area contributed by atoms with Crippen molar-refractivity contribution in [2.75, 3.05) is 15.7 Å². The Hall–Kier alpha value is -3.22. The van der Waals surface area contributed by atoms with Crippen LogP contribution >= 0.6 is 0 Å². The Morgan fingerprint density at radius 1 is 0.853 bits per heavy atom. The minimum absolute atomic E-state index is 0.112. The minimum Gasteiger partial charge on any atom is -0.273 e. The van der Waals surface area contributed by atoms with Crippen LogP contribution in [0.2, 0.25) is 0 Å². The summed E-state index contributed by atoms with van der Waals surface area (Å²) in [5, 5.41) is 0. The molecule has 0 spiro atoms. The van der Waals surface area contributed by atoms with Crippen molar-refractivity contribution >= 4 is 43.6 Å². The smallest absolute Gasteiger partial charge is 0.273 e. The van der Waals surface area contributed by atoms with Gasteiger partial charge < -0.3 is 0 Å². The Morgan fingerprint density at radius 2 is 1.35 bits per heavy atom. The van der Waals surface area contributed by atoms with Gasteiger partial charge in [-0.25, -0.2) is 0 Å². The van der Waals surface area contributed by atoms with Crippen molar-refractivity contribution in [2.24, 2.45) is 5.92 Å². The molecule has 2 aliphatic rings. The van der Waals surface area contributed by atoms with Gasteiger partial charge in [-0.3, -0.25) is 13.9 Å². The maximum Gasteiger partial charge on any atom is 0.332 e. The largest absolute Gasteiger partial charge is 0.332 e. The Labute approximate surface area is 198 Å². The van der Waals surface area contributed by atoms with Crippen molar-refractivity contribution in [2.45, 2.75) is 26.3 Å². The van der Waals surface area contributed by atoms with Crippen LogP contribution in [-0.4, -0.2) is 46.0 Å². The Kier molecular flexibility index (Phi) is 6.00. The van der Waals surface area contributed by atoms with E-state index in [-0.39, 0.29) is 29.1 Å². The maximum atomic E-state index is 13.5. The van der Waals surface area contributed by atoms with Gasteiger partial charge >= 0.3 is 20.4 Å². The summed E-state index contributed by atoms with van der Waals surface area (Å²) >= 11 is 0. The van der Waals surface area contributed by atoms with Gasteiger partial charge in [0.15, 0.2) is 0 Å². The Balaban J connectivity index is 1.75. The first kappa shape index (κ1) is 23.9. The van der Waals surface area contributed by atoms with Crippen LogP contribution in [0.4, 0.5) is 11.4 Å². The highest BCUT2D eigenvalue weighted by Crippen LogP contribution is 2.36. The molecule has 2 heterocycles. The number of rotatable bonds is 4. The zero-order valence-corrected chi connectivity index (χ0v) is 20.4. The lowest BCUT2D eigenvalue weighted by Gasteiger charge is -2.39. The number of allylic oxidation sites excluding steroid dienone is 1. The topological polar surface area (TPSA) is 124 Å². The molecule has 1 fully saturated rings. The van der Waals surface area contributed by atoms with E-state index in [2.05, 4.69) is 4.72 Å². The molecular weight excluding hydrogens is 480 g/mol. The molecule has 0 bridgehead atoms. The summed E-state index contributed by atoms with van der Waals surface area (Å²) < 4.78 is 56.5. The van der Waals surface area contributed by atoms with Crippen molar-refractivity contribution in [3.05, 3.63) is 71.9 Å². The Bertz CT molecular complexity index is 1370. The van der Waals surface area contributed by atoms with E-state index in [0.717, 1.165) is 4.31 Å². The number of hydrogen-bond acceptors (Lipinski definition) is 6. The molecule has 0 aromatic heterocycles. The summed E-state index contributed by atoms with van der Waals surface area (Å²) in [6.07, 6.45) is -0.153. The molecule has 10 nitrogen and oxygen atoms in total. The summed E-state index contributed by atoms with van der Waals surface area (Å²) in [7, 11) is -6.99. The third kappa shape index (κ3) is 3.87. The number of nitrogens with zero attached hydrogens (tertiary/aromatic N) is 3. The van der Waals surface area contributed by atoms with Crippen molar-refractivity contribution in [1.29, 1.82) is 0 Å². The average Bonchev–Trinajstić information content (AvgIpc) is 2.78. The number of anilines is 2. The van der Waals surface area contributed by atoms with Gasteiger partial charge in [0.25, 0.3) is 5.91 Å². The van der Waals surface area contributed by atoms with E-state index in [4.69, 9.17) is 0 Å². The molecule has 0 aliphatic carbocycles. The molecule has 12 heteroatoms. The number of carbonyl (C=O) groups excluding carboxylic acids is 2. The van der Waals surface area contributed by atoms with Crippen molar-refractivity contribution in [3.8, 4) is 0 Å². The quantitative estimate of drug-likeness (QED) is 0.677. The van der Waals surface area contributed by atoms with Gasteiger partial charge in [0, 0.05) is 24.4 Å². The molecule has 2 amide bonds. The van der Waals surface area contributed by atoms with Crippen LogP contribution in [0.15, 0.2) is 71.9 Å². The molecule has 2 atom stereocenters. The average molecular weight is 505 g/mol. The zero-order chi connectivity index (χ0) is 24.8. The Morgan fingerprint density at radius 3 is 1.88 bits per heavy atom. The summed E-state index contributed by atoms with van der Waals surface area (Å²) in [5.41, 5.74) is 0.625. The van der Waals surface area contributed by atoms with Gasteiger partial charge in [0.1, 0.15) is 0 Å². The van der Waals surface area contributed by atoms with Crippen LogP contribution in [0.3, 0.4) is 0 Å². The normalized spacial score (nSPS) is 24.5. The monoisotopic (exact) mass is 504 g/mol. The predicted molar refractivity (Wildman–Crippen MR) is 127 cm³/mol. The van der Waals surface area contributed by atoms with Gasteiger partial charge in [-0.15, -0.1) is 0 Å². The first-order valence-corrected chi connectivity index (χ1v) is 13.3. The van der Waals surface area contributed by atoms with E-state index >= 15 is 0 Å². The predicted octanol–water partition coefficient (Wildman–Crippen LogP) is 1.76. The SMILES string of the molecule is CC1=C(C[C@@H]2C(=O)N(c3ccccc3)S(=O)(=O)N[C@@H]2C)C(=O)N(c2ccccc2)S(=O)(=O)N1C. The molecule has 0 saturated carbocycles. The lowest BCUT2D eigenvalue weighted by Crippen LogP contribution is -2.60. The van der Waals surface area contributed by atoms with Gasteiger partial charge in [-0.05, 0) is 44.5 Å². The highest BCUT2D eigenvalue weighted by atomic mass is 32.2. The highest BCUT2D eigenvalue weighted by Gasteiger charge is 2.47. The zero-order valence-electron chi connectivity index (χ0n) is 18.7. The van der Waals surface area contributed by atoms with E-state index in [1.165, 1.54) is 38.2 Å². The van der Waals surface area contributed by atoms with E-state index in [1.54, 1.807) is 43.3 Å². The fourth-order valence-electron chi connectivity index (χ4n) is 4.08. The van der Waals surface area contributed by atoms with Crippen LogP contribution < -0.4 is 13.3 Å². The van der Waals surface area contributed by atoms with Crippen LogP contribution in [-0.2, 0) is 30.0 Å². The minimum atomic E-state index is -4.17. The molecule has 0 radical (unpaired) electrons. The molecule has 2 aromatic rings. The first-order valence-electron chi connectivity index (χ1n) is 10.5. The standard InChI is InChI=1S/C22H24N4O6S2/c1-15-19(21(27)25(33(29,30)23-15)17-10-6-4-7-11-17)14-20-16(2)24(3)34(31,32)26(22(20)28)18-12-8-5-9-13-18/h4-13,15,19,23H,14H2,1-3H3/t15-,19+/m1/s1. The number of benzene rings is 2. The second kappa shape index (κ2) is 8.53. The van der Waals surface area contributed by atoms with E-state index in [9.17, 15) is 26.4 Å². The van der Waals surface area contributed by atoms with Crippen LogP contribution in [0.1, 0.15) is 20.3 Å². The maximum absolute atomic E-state index is 13.5. The molecule has 0 unspecified atom stereocenters. The first-order chi connectivity index (χ1) is 16.0. The fraction of sp³-hybridized carbons (Fsp3) is 0.273. The number of carbonyl (C=O) groups is 2. The molecule has 2 aliphatic heterocycles. The van der Waals surface area contributed by atoms with Crippen molar-refractivity contribution < 1.29 is 26.4 Å². The van der Waals surface area contributed by atoms with Crippen molar-refractivity contribution in [3.63, 3.8) is 0 Å². The van der Waals surface area contributed by atoms with Gasteiger partial charge in [-0.2, -0.15) is 30.2 Å². The van der Waals surface area contributed by atoms with Crippen molar-refractivity contribution in [1.82, 2.24) is 9.03 Å². The van der Waals surface area contributed by atoms with Gasteiger partial charge in [0.05, 0.1) is 17.3 Å². The highest BCUT2D eigenvalue weighted by molar-refractivity contribution is 7.92. The fourth-order valence-corrected chi connectivity index (χ4v) is 7.00. The molecule has 34 heavy (non-hydrogen) atoms. The number of nitrogens with one attached hydrogen (secondary N) is 1. The van der Waals surface area contributed by atoms with E-state index in [0.29, 0.717) is 8.61 Å². The second-order valence-corrected chi connectivity index (χ2v) is 11.5. The molecule has 2 aromatic carbocycles. The molecule has 4 rings (SSSR count). The number of amides is 2. The third-order valence-corrected chi connectivity index (χ3v) is 9.38. The summed E-state index contributed by atoms with van der Waals surface area (Å²) in [5.74, 6) is -2.42. The third-order valence-electron chi connectivity index (χ3n) is 6.03. The van der Waals surface area contributed by atoms with Crippen LogP contribution in [0.25, 0.3) is 0 Å². The summed E-state index contributed by atoms with van der Waals surface area (Å²) in [4.78, 5) is 26.9. The lowest BCUT2D eigenvalue weighted by molar-refractivity contribution is -0.122. The molecular formula is C22H24N4O6S2. The molecule has 1 saturated heterocycles. The van der Waals surface area contributed by atoms with Gasteiger partial charge in [-0.1, -0.05) is 36.4 Å². The van der Waals surface area contributed by atoms with Crippen LogP contribution in [0, 0.1) is 5.92 Å². The van der Waals surface area contributed by atoms with E-state index < -0.39 is 44.2 Å². The summed E-state index contributed by atoms with van der Waals surface area (Å²) in [6.45, 7) is 3.03. The number of hydrogen-bond donors (Lipinski definition) is 1. The van der Waals surface area contributed by atoms with E-state index in [1.807, 2.05) is 0 Å². The number of para-hydroxylation sites is 2. The molecule has 1 N–H and O–H groups in total. The summed E-state index contributed by atoms with van der Waals surface area (Å²) in [6, 6.07) is 15.0. The lowest BCUT2D eigenvalue weighted by atomic mass is 9.90. The van der Waals surface area contributed by atoms with Crippen LogP contribution in [0.5, 0.6) is 0 Å².